The fourth-order valence-corrected chi connectivity index (χ4v) is 2.50. The lowest BCUT2D eigenvalue weighted by molar-refractivity contribution is 0.246. The third-order valence-corrected chi connectivity index (χ3v) is 3.84. The van der Waals surface area contributed by atoms with Crippen molar-refractivity contribution in [3.8, 4) is 0 Å². The number of urea groups is 1. The summed E-state index contributed by atoms with van der Waals surface area (Å²) in [6.45, 7) is 4.20. The van der Waals surface area contributed by atoms with Crippen LogP contribution in [0.2, 0.25) is 0 Å². The Bertz CT molecular complexity index is 449. The van der Waals surface area contributed by atoms with Gasteiger partial charge in [0.05, 0.1) is 5.69 Å². The predicted molar refractivity (Wildman–Crippen MR) is 80.8 cm³/mol. The molecule has 0 spiro atoms. The van der Waals surface area contributed by atoms with Crippen molar-refractivity contribution in [2.45, 2.75) is 45.2 Å². The molecule has 0 saturated carbocycles. The third-order valence-electron chi connectivity index (χ3n) is 3.31. The Hall–Kier alpha value is -1.07. The van der Waals surface area contributed by atoms with Gasteiger partial charge in [0.2, 0.25) is 0 Å². The number of rotatable bonds is 5. The number of amides is 2. The average molecular weight is 326 g/mol. The maximum atomic E-state index is 12.0. The van der Waals surface area contributed by atoms with Crippen molar-refractivity contribution >= 4 is 27.6 Å². The summed E-state index contributed by atoms with van der Waals surface area (Å²) in [7, 11) is 0. The minimum Gasteiger partial charge on any atom is -0.317 e. The van der Waals surface area contributed by atoms with Crippen LogP contribution in [0.5, 0.6) is 0 Å². The number of hydrazine groups is 1. The summed E-state index contributed by atoms with van der Waals surface area (Å²) in [5, 5.41) is 4.60. The van der Waals surface area contributed by atoms with E-state index >= 15 is 0 Å². The molecule has 0 bridgehead atoms. The average Bonchev–Trinajstić information content (AvgIpc) is 2.67. The van der Waals surface area contributed by atoms with Crippen molar-refractivity contribution in [3.63, 3.8) is 0 Å². The third kappa shape index (κ3) is 3.48. The van der Waals surface area contributed by atoms with Crippen LogP contribution in [-0.2, 0) is 0 Å². The highest BCUT2D eigenvalue weighted by atomic mass is 79.9. The highest BCUT2D eigenvalue weighted by Gasteiger charge is 2.38. The molecule has 1 heterocycles. The Morgan fingerprint density at radius 2 is 1.95 bits per heavy atom. The van der Waals surface area contributed by atoms with Gasteiger partial charge in [0.15, 0.2) is 0 Å². The van der Waals surface area contributed by atoms with Crippen LogP contribution < -0.4 is 15.8 Å². The minimum atomic E-state index is -0.348. The van der Waals surface area contributed by atoms with Gasteiger partial charge in [-0.25, -0.2) is 15.2 Å². The van der Waals surface area contributed by atoms with E-state index in [-0.39, 0.29) is 11.7 Å². The smallest absolute Gasteiger partial charge is 0.317 e. The van der Waals surface area contributed by atoms with Crippen molar-refractivity contribution in [1.82, 2.24) is 10.7 Å². The quantitative estimate of drug-likeness (QED) is 0.809. The number of anilines is 1. The number of carbonyl (C=O) groups excluding carboxylic acids is 1. The van der Waals surface area contributed by atoms with Crippen LogP contribution in [0.4, 0.5) is 10.5 Å². The van der Waals surface area contributed by atoms with E-state index in [4.69, 9.17) is 0 Å². The first kappa shape index (κ1) is 14.3. The number of carbonyl (C=O) groups is 1. The van der Waals surface area contributed by atoms with Gasteiger partial charge < -0.3 is 5.32 Å². The molecule has 2 amide bonds. The molecule has 0 aliphatic carbocycles. The summed E-state index contributed by atoms with van der Waals surface area (Å²) >= 11 is 3.39. The van der Waals surface area contributed by atoms with E-state index in [1.165, 1.54) is 12.8 Å². The lowest BCUT2D eigenvalue weighted by atomic mass is 10.1. The molecule has 1 fully saturated rings. The van der Waals surface area contributed by atoms with Crippen LogP contribution >= 0.6 is 15.9 Å². The van der Waals surface area contributed by atoms with Gasteiger partial charge in [0, 0.05) is 4.47 Å². The molecule has 2 rings (SSSR count). The summed E-state index contributed by atoms with van der Waals surface area (Å²) in [6, 6.07) is 7.58. The van der Waals surface area contributed by atoms with Crippen LogP contribution in [0.25, 0.3) is 0 Å². The van der Waals surface area contributed by atoms with Crippen molar-refractivity contribution in [1.29, 1.82) is 0 Å². The van der Waals surface area contributed by atoms with Gasteiger partial charge >= 0.3 is 6.03 Å². The first-order chi connectivity index (χ1) is 9.04. The van der Waals surface area contributed by atoms with E-state index in [0.29, 0.717) is 0 Å². The minimum absolute atomic E-state index is 0.0960. The summed E-state index contributed by atoms with van der Waals surface area (Å²) in [5.74, 6) is 0. The molecule has 19 heavy (non-hydrogen) atoms. The number of hydrogen-bond donors (Lipinski definition) is 2. The highest BCUT2D eigenvalue weighted by Crippen LogP contribution is 2.24. The van der Waals surface area contributed by atoms with Gasteiger partial charge in [-0.05, 0) is 44.0 Å². The fourth-order valence-electron chi connectivity index (χ4n) is 2.24. The summed E-state index contributed by atoms with van der Waals surface area (Å²) in [4.78, 5) is 12.0. The van der Waals surface area contributed by atoms with E-state index in [2.05, 4.69) is 33.6 Å². The molecule has 5 heteroatoms. The number of nitrogens with one attached hydrogen (secondary N) is 2. The first-order valence-electron chi connectivity index (χ1n) is 6.70. The second-order valence-corrected chi connectivity index (χ2v) is 6.06. The molecule has 2 N–H and O–H groups in total. The Balaban J connectivity index is 2.04. The topological polar surface area (TPSA) is 44.4 Å². The van der Waals surface area contributed by atoms with Crippen LogP contribution in [0, 0.1) is 0 Å². The molecule has 0 aromatic heterocycles. The normalized spacial score (nSPS) is 22.7. The molecule has 104 valence electrons. The first-order valence-corrected chi connectivity index (χ1v) is 7.49. The van der Waals surface area contributed by atoms with Crippen LogP contribution in [-0.4, -0.2) is 11.7 Å². The number of benzene rings is 1. The van der Waals surface area contributed by atoms with E-state index in [9.17, 15) is 4.79 Å². The second-order valence-electron chi connectivity index (χ2n) is 5.14. The zero-order valence-corrected chi connectivity index (χ0v) is 13.0. The maximum Gasteiger partial charge on any atom is 0.338 e. The van der Waals surface area contributed by atoms with E-state index < -0.39 is 0 Å². The zero-order valence-electron chi connectivity index (χ0n) is 11.4. The number of halogens is 1. The van der Waals surface area contributed by atoms with E-state index in [0.717, 1.165) is 23.0 Å². The lowest BCUT2D eigenvalue weighted by Gasteiger charge is -2.25. The Morgan fingerprint density at radius 3 is 2.58 bits per heavy atom. The summed E-state index contributed by atoms with van der Waals surface area (Å²) in [6.07, 6.45) is 4.40. The lowest BCUT2D eigenvalue weighted by Crippen LogP contribution is -2.48. The number of unbranched alkanes of at least 4 members (excludes halogenated alkanes) is 2. The molecule has 1 aromatic carbocycles. The molecule has 1 aromatic rings. The molecule has 0 radical (unpaired) electrons. The largest absolute Gasteiger partial charge is 0.338 e. The predicted octanol–water partition coefficient (Wildman–Crippen LogP) is 3.78. The van der Waals surface area contributed by atoms with Crippen molar-refractivity contribution in [2.75, 3.05) is 5.01 Å². The van der Waals surface area contributed by atoms with Gasteiger partial charge in [-0.3, -0.25) is 0 Å². The number of nitrogens with zero attached hydrogens (tertiary/aromatic N) is 1. The van der Waals surface area contributed by atoms with Crippen molar-refractivity contribution in [2.24, 2.45) is 0 Å². The Morgan fingerprint density at radius 1 is 1.26 bits per heavy atom. The standard InChI is InChI=1S/C14H20BrN3O/c1-3-4-5-10-14(2)16-13(19)18(17-14)12-8-6-11(15)7-9-12/h6-9,17H,3-5,10H2,1-2H3,(H,16,19)/t14-/m1/s1. The fraction of sp³-hybridized carbons (Fsp3) is 0.500. The zero-order chi connectivity index (χ0) is 13.9. The molecule has 1 aliphatic heterocycles. The van der Waals surface area contributed by atoms with Crippen LogP contribution in [0.15, 0.2) is 28.7 Å². The van der Waals surface area contributed by atoms with Gasteiger partial charge in [0.25, 0.3) is 0 Å². The second kappa shape index (κ2) is 5.92. The molecular formula is C14H20BrN3O. The summed E-state index contributed by atoms with van der Waals surface area (Å²) in [5.41, 5.74) is 3.77. The van der Waals surface area contributed by atoms with Crippen LogP contribution in [0.1, 0.15) is 39.5 Å². The molecule has 0 unspecified atom stereocenters. The van der Waals surface area contributed by atoms with Gasteiger partial charge in [-0.1, -0.05) is 35.7 Å². The Labute approximate surface area is 122 Å². The van der Waals surface area contributed by atoms with Gasteiger partial charge in [-0.15, -0.1) is 0 Å². The summed E-state index contributed by atoms with van der Waals surface area (Å²) < 4.78 is 1.00. The van der Waals surface area contributed by atoms with Crippen molar-refractivity contribution < 1.29 is 4.79 Å². The van der Waals surface area contributed by atoms with Gasteiger partial charge in [-0.2, -0.15) is 0 Å². The van der Waals surface area contributed by atoms with Gasteiger partial charge in [0.1, 0.15) is 5.66 Å². The highest BCUT2D eigenvalue weighted by molar-refractivity contribution is 9.10. The molecular weight excluding hydrogens is 306 g/mol. The number of hydrogen-bond acceptors (Lipinski definition) is 2. The maximum absolute atomic E-state index is 12.0. The molecule has 4 nitrogen and oxygen atoms in total. The van der Waals surface area contributed by atoms with Crippen LogP contribution in [0.3, 0.4) is 0 Å². The molecule has 1 atom stereocenters. The SMILES string of the molecule is CCCCC[C@]1(C)NC(=O)N(c2ccc(Br)cc2)N1. The van der Waals surface area contributed by atoms with E-state index in [1.807, 2.05) is 31.2 Å². The van der Waals surface area contributed by atoms with E-state index in [1.54, 1.807) is 5.01 Å². The Kier molecular flexibility index (Phi) is 4.47. The molecule has 1 aliphatic rings. The monoisotopic (exact) mass is 325 g/mol. The van der Waals surface area contributed by atoms with Crippen molar-refractivity contribution in [3.05, 3.63) is 28.7 Å². The molecule has 1 saturated heterocycles.